The van der Waals surface area contributed by atoms with Crippen LogP contribution in [0.3, 0.4) is 0 Å². The quantitative estimate of drug-likeness (QED) is 0.643. The fourth-order valence-corrected chi connectivity index (χ4v) is 1.92. The number of nitrogens with one attached hydrogen (secondary N) is 1. The van der Waals surface area contributed by atoms with Crippen LogP contribution in [0.1, 0.15) is 24.0 Å². The van der Waals surface area contributed by atoms with Crippen LogP contribution in [0, 0.1) is 5.82 Å². The summed E-state index contributed by atoms with van der Waals surface area (Å²) in [4.78, 5) is 0. The Labute approximate surface area is 78.0 Å². The maximum absolute atomic E-state index is 12.9. The van der Waals surface area contributed by atoms with E-state index in [0.29, 0.717) is 5.92 Å². The van der Waals surface area contributed by atoms with Crippen molar-refractivity contribution in [1.29, 1.82) is 0 Å². The molecule has 0 fully saturated rings. The molecule has 1 atom stereocenters. The van der Waals surface area contributed by atoms with Gasteiger partial charge in [0.2, 0.25) is 0 Å². The number of rotatable bonds is 0. The van der Waals surface area contributed by atoms with Gasteiger partial charge in [0.15, 0.2) is 0 Å². The second kappa shape index (κ2) is 3.46. The van der Waals surface area contributed by atoms with Crippen LogP contribution in [0.15, 0.2) is 18.2 Å². The van der Waals surface area contributed by atoms with E-state index in [1.165, 1.54) is 5.56 Å². The Morgan fingerprint density at radius 1 is 1.46 bits per heavy atom. The predicted molar refractivity (Wildman–Crippen MR) is 51.4 cm³/mol. The SMILES string of the molecule is C[C@H]1CNCCc2cc(F)ccc21. The summed E-state index contributed by atoms with van der Waals surface area (Å²) in [6.07, 6.45) is 0.942. The van der Waals surface area contributed by atoms with Crippen molar-refractivity contribution in [1.82, 2.24) is 5.32 Å². The van der Waals surface area contributed by atoms with E-state index < -0.39 is 0 Å². The molecule has 0 aliphatic carbocycles. The number of halogens is 1. The van der Waals surface area contributed by atoms with Crippen molar-refractivity contribution in [3.63, 3.8) is 0 Å². The Bertz CT molecular complexity index is 309. The molecular weight excluding hydrogens is 165 g/mol. The summed E-state index contributed by atoms with van der Waals surface area (Å²) in [5.74, 6) is 0.381. The van der Waals surface area contributed by atoms with E-state index in [1.54, 1.807) is 12.1 Å². The van der Waals surface area contributed by atoms with Crippen LogP contribution in [-0.2, 0) is 6.42 Å². The van der Waals surface area contributed by atoms with Gasteiger partial charge in [-0.2, -0.15) is 0 Å². The maximum Gasteiger partial charge on any atom is 0.123 e. The molecule has 2 heteroatoms. The monoisotopic (exact) mass is 179 g/mol. The van der Waals surface area contributed by atoms with Gasteiger partial charge >= 0.3 is 0 Å². The van der Waals surface area contributed by atoms with Crippen molar-refractivity contribution in [2.75, 3.05) is 13.1 Å². The van der Waals surface area contributed by atoms with Crippen LogP contribution < -0.4 is 5.32 Å². The first kappa shape index (κ1) is 8.70. The average Bonchev–Trinajstić information content (AvgIpc) is 2.28. The molecule has 1 aliphatic heterocycles. The third kappa shape index (κ3) is 1.73. The summed E-state index contributed by atoms with van der Waals surface area (Å²) in [6.45, 7) is 4.13. The highest BCUT2D eigenvalue weighted by molar-refractivity contribution is 5.32. The molecule has 1 aliphatic rings. The highest BCUT2D eigenvalue weighted by Gasteiger charge is 2.14. The van der Waals surface area contributed by atoms with E-state index in [2.05, 4.69) is 12.2 Å². The molecule has 0 aromatic heterocycles. The topological polar surface area (TPSA) is 12.0 Å². The van der Waals surface area contributed by atoms with Crippen molar-refractivity contribution < 1.29 is 4.39 Å². The molecule has 1 aromatic carbocycles. The normalized spacial score (nSPS) is 22.2. The minimum Gasteiger partial charge on any atom is -0.316 e. The van der Waals surface area contributed by atoms with Crippen molar-refractivity contribution in [3.05, 3.63) is 35.1 Å². The van der Waals surface area contributed by atoms with Gasteiger partial charge in [0.25, 0.3) is 0 Å². The summed E-state index contributed by atoms with van der Waals surface area (Å²) in [5, 5.41) is 3.34. The average molecular weight is 179 g/mol. The van der Waals surface area contributed by atoms with E-state index in [9.17, 15) is 4.39 Å². The highest BCUT2D eigenvalue weighted by Crippen LogP contribution is 2.22. The van der Waals surface area contributed by atoms with E-state index >= 15 is 0 Å². The summed E-state index contributed by atoms with van der Waals surface area (Å²) in [5.41, 5.74) is 2.46. The summed E-state index contributed by atoms with van der Waals surface area (Å²) in [6, 6.07) is 5.14. The fourth-order valence-electron chi connectivity index (χ4n) is 1.92. The number of fused-ring (bicyclic) bond motifs is 1. The standard InChI is InChI=1S/C11H14FN/c1-8-7-13-5-4-9-6-10(12)2-3-11(8)9/h2-3,6,8,13H,4-5,7H2,1H3/t8-/m0/s1. The number of benzene rings is 1. The molecule has 1 nitrogen and oxygen atoms in total. The van der Waals surface area contributed by atoms with Gasteiger partial charge in [-0.1, -0.05) is 13.0 Å². The lowest BCUT2D eigenvalue weighted by Crippen LogP contribution is -2.18. The first-order valence-electron chi connectivity index (χ1n) is 4.76. The number of hydrogen-bond acceptors (Lipinski definition) is 1. The lowest BCUT2D eigenvalue weighted by atomic mass is 9.95. The van der Waals surface area contributed by atoms with Gasteiger partial charge in [-0.15, -0.1) is 0 Å². The fraction of sp³-hybridized carbons (Fsp3) is 0.455. The Morgan fingerprint density at radius 2 is 2.31 bits per heavy atom. The summed E-state index contributed by atoms with van der Waals surface area (Å²) in [7, 11) is 0. The van der Waals surface area contributed by atoms with Crippen molar-refractivity contribution >= 4 is 0 Å². The van der Waals surface area contributed by atoms with Gasteiger partial charge in [-0.25, -0.2) is 4.39 Å². The molecule has 1 N–H and O–H groups in total. The molecule has 1 aromatic rings. The molecule has 70 valence electrons. The third-order valence-corrected chi connectivity index (χ3v) is 2.66. The van der Waals surface area contributed by atoms with E-state index in [4.69, 9.17) is 0 Å². The van der Waals surface area contributed by atoms with Gasteiger partial charge in [0.05, 0.1) is 0 Å². The summed E-state index contributed by atoms with van der Waals surface area (Å²) < 4.78 is 12.9. The largest absolute Gasteiger partial charge is 0.316 e. The van der Waals surface area contributed by atoms with Crippen LogP contribution in [0.2, 0.25) is 0 Å². The van der Waals surface area contributed by atoms with Crippen LogP contribution in [0.4, 0.5) is 4.39 Å². The highest BCUT2D eigenvalue weighted by atomic mass is 19.1. The molecule has 0 saturated heterocycles. The first-order valence-corrected chi connectivity index (χ1v) is 4.76. The molecule has 0 unspecified atom stereocenters. The van der Waals surface area contributed by atoms with Crippen molar-refractivity contribution in [3.8, 4) is 0 Å². The molecule has 0 amide bonds. The van der Waals surface area contributed by atoms with Crippen LogP contribution in [-0.4, -0.2) is 13.1 Å². The van der Waals surface area contributed by atoms with Crippen LogP contribution >= 0.6 is 0 Å². The van der Waals surface area contributed by atoms with E-state index in [0.717, 1.165) is 25.1 Å². The maximum atomic E-state index is 12.9. The molecule has 0 spiro atoms. The van der Waals surface area contributed by atoms with Gasteiger partial charge in [0.1, 0.15) is 5.82 Å². The Hall–Kier alpha value is -0.890. The predicted octanol–water partition coefficient (Wildman–Crippen LogP) is 2.07. The van der Waals surface area contributed by atoms with Crippen LogP contribution in [0.5, 0.6) is 0 Å². The number of hydrogen-bond donors (Lipinski definition) is 1. The molecule has 0 bridgehead atoms. The Kier molecular flexibility index (Phi) is 2.32. The van der Waals surface area contributed by atoms with Gasteiger partial charge in [-0.3, -0.25) is 0 Å². The van der Waals surface area contributed by atoms with E-state index in [1.807, 2.05) is 6.07 Å². The molecular formula is C11H14FN. The zero-order valence-electron chi connectivity index (χ0n) is 7.81. The summed E-state index contributed by atoms with van der Waals surface area (Å²) >= 11 is 0. The van der Waals surface area contributed by atoms with E-state index in [-0.39, 0.29) is 5.82 Å². The van der Waals surface area contributed by atoms with Gasteiger partial charge in [-0.05, 0) is 42.1 Å². The minimum atomic E-state index is -0.118. The zero-order valence-corrected chi connectivity index (χ0v) is 7.81. The van der Waals surface area contributed by atoms with Crippen molar-refractivity contribution in [2.24, 2.45) is 0 Å². The lowest BCUT2D eigenvalue weighted by Gasteiger charge is -2.11. The molecule has 0 radical (unpaired) electrons. The molecule has 13 heavy (non-hydrogen) atoms. The molecule has 2 rings (SSSR count). The van der Waals surface area contributed by atoms with Crippen molar-refractivity contribution in [2.45, 2.75) is 19.3 Å². The lowest BCUT2D eigenvalue weighted by molar-refractivity contribution is 0.623. The minimum absolute atomic E-state index is 0.118. The molecule has 1 heterocycles. The Morgan fingerprint density at radius 3 is 3.15 bits per heavy atom. The first-order chi connectivity index (χ1) is 6.27. The second-order valence-corrected chi connectivity index (χ2v) is 3.70. The van der Waals surface area contributed by atoms with Gasteiger partial charge in [0, 0.05) is 6.54 Å². The van der Waals surface area contributed by atoms with Gasteiger partial charge < -0.3 is 5.32 Å². The second-order valence-electron chi connectivity index (χ2n) is 3.70. The van der Waals surface area contributed by atoms with Crippen LogP contribution in [0.25, 0.3) is 0 Å². The molecule has 0 saturated carbocycles. The smallest absolute Gasteiger partial charge is 0.123 e. The Balaban J connectivity index is 2.42. The zero-order chi connectivity index (χ0) is 9.26. The third-order valence-electron chi connectivity index (χ3n) is 2.66.